The number of amides is 2. The number of pyridine rings is 1. The lowest BCUT2D eigenvalue weighted by molar-refractivity contribution is -0.126. The van der Waals surface area contributed by atoms with Gasteiger partial charge in [0.05, 0.1) is 28.5 Å². The smallest absolute Gasteiger partial charge is 0.258 e. The van der Waals surface area contributed by atoms with Crippen molar-refractivity contribution in [2.75, 3.05) is 55.4 Å². The number of aryl methyl sites for hydroxylation is 1. The van der Waals surface area contributed by atoms with E-state index in [0.717, 1.165) is 60.5 Å². The van der Waals surface area contributed by atoms with Gasteiger partial charge in [0.1, 0.15) is 0 Å². The molecule has 9 nitrogen and oxygen atoms in total. The van der Waals surface area contributed by atoms with E-state index >= 15 is 0 Å². The number of hydrogen-bond acceptors (Lipinski definition) is 6. The summed E-state index contributed by atoms with van der Waals surface area (Å²) in [6.07, 6.45) is 5.81. The summed E-state index contributed by atoms with van der Waals surface area (Å²) in [5.41, 5.74) is 5.35. The molecule has 0 bridgehead atoms. The van der Waals surface area contributed by atoms with E-state index in [1.54, 1.807) is 18.3 Å². The number of anilines is 3. The van der Waals surface area contributed by atoms with Gasteiger partial charge in [-0.3, -0.25) is 19.9 Å². The second-order valence-corrected chi connectivity index (χ2v) is 9.73. The van der Waals surface area contributed by atoms with E-state index in [2.05, 4.69) is 51.4 Å². The second-order valence-electron chi connectivity index (χ2n) is 9.73. The van der Waals surface area contributed by atoms with Crippen LogP contribution in [0.5, 0.6) is 0 Å². The summed E-state index contributed by atoms with van der Waals surface area (Å²) < 4.78 is 2.16. The molecule has 1 N–H and O–H groups in total. The van der Waals surface area contributed by atoms with Gasteiger partial charge in [-0.25, -0.2) is 4.98 Å². The monoisotopic (exact) mass is 487 g/mol. The van der Waals surface area contributed by atoms with E-state index in [4.69, 9.17) is 4.98 Å². The van der Waals surface area contributed by atoms with Crippen molar-refractivity contribution in [1.29, 1.82) is 0 Å². The number of fused-ring (bicyclic) bond motifs is 3. The minimum atomic E-state index is -0.232. The third kappa shape index (κ3) is 4.29. The van der Waals surface area contributed by atoms with Crippen molar-refractivity contribution in [1.82, 2.24) is 19.4 Å². The van der Waals surface area contributed by atoms with Crippen LogP contribution in [0, 0.1) is 6.92 Å². The molecule has 2 amide bonds. The van der Waals surface area contributed by atoms with Gasteiger partial charge in [0, 0.05) is 57.7 Å². The molecule has 0 unspecified atom stereocenters. The number of rotatable bonds is 4. The van der Waals surface area contributed by atoms with Gasteiger partial charge >= 0.3 is 0 Å². The zero-order chi connectivity index (χ0) is 25.4. The Hall–Kier alpha value is -3.88. The van der Waals surface area contributed by atoms with E-state index < -0.39 is 0 Å². The summed E-state index contributed by atoms with van der Waals surface area (Å²) >= 11 is 0. The molecule has 5 rings (SSSR count). The number of likely N-dealkylation sites (N-methyl/N-ethyl adjacent to an activating group) is 2. The molecule has 2 aliphatic rings. The summed E-state index contributed by atoms with van der Waals surface area (Å²) in [5, 5.41) is 3.08. The fourth-order valence-corrected chi connectivity index (χ4v) is 5.34. The highest BCUT2D eigenvalue weighted by Crippen LogP contribution is 2.42. The summed E-state index contributed by atoms with van der Waals surface area (Å²) in [6.45, 7) is 8.61. The van der Waals surface area contributed by atoms with E-state index in [1.807, 2.05) is 17.9 Å². The maximum atomic E-state index is 13.3. The third-order valence-corrected chi connectivity index (χ3v) is 7.25. The van der Waals surface area contributed by atoms with E-state index in [1.165, 1.54) is 6.08 Å². The highest BCUT2D eigenvalue weighted by atomic mass is 16.2. The number of carbonyl (C=O) groups is 2. The number of nitrogens with one attached hydrogen (secondary N) is 1. The molecule has 1 aromatic carbocycles. The molecule has 1 fully saturated rings. The number of likely N-dealkylation sites (tertiary alicyclic amines) is 1. The number of aromatic nitrogens is 3. The van der Waals surface area contributed by atoms with Crippen LogP contribution in [0.25, 0.3) is 11.0 Å². The Morgan fingerprint density at radius 3 is 2.69 bits per heavy atom. The zero-order valence-corrected chi connectivity index (χ0v) is 21.2. The minimum absolute atomic E-state index is 0.0389. The average Bonchev–Trinajstić information content (AvgIpc) is 3.05. The first-order valence-corrected chi connectivity index (χ1v) is 12.5. The molecule has 1 saturated heterocycles. The average molecular weight is 488 g/mol. The minimum Gasteiger partial charge on any atom is -0.371 e. The molecular weight excluding hydrogens is 454 g/mol. The maximum Gasteiger partial charge on any atom is 0.258 e. The van der Waals surface area contributed by atoms with Crippen LogP contribution in [-0.4, -0.2) is 71.5 Å². The number of imidazole rings is 1. The van der Waals surface area contributed by atoms with Crippen molar-refractivity contribution in [3.8, 4) is 0 Å². The van der Waals surface area contributed by atoms with Crippen molar-refractivity contribution in [2.45, 2.75) is 32.2 Å². The molecule has 0 spiro atoms. The first kappa shape index (κ1) is 23.8. The fourth-order valence-electron chi connectivity index (χ4n) is 5.34. The summed E-state index contributed by atoms with van der Waals surface area (Å²) in [4.78, 5) is 41.4. The first-order valence-electron chi connectivity index (χ1n) is 12.5. The van der Waals surface area contributed by atoms with Crippen molar-refractivity contribution in [2.24, 2.45) is 0 Å². The summed E-state index contributed by atoms with van der Waals surface area (Å²) in [7, 11) is 4.20. The van der Waals surface area contributed by atoms with Crippen LogP contribution in [-0.2, 0) is 4.79 Å². The van der Waals surface area contributed by atoms with Gasteiger partial charge in [-0.15, -0.1) is 0 Å². The van der Waals surface area contributed by atoms with Crippen molar-refractivity contribution in [3.05, 3.63) is 54.4 Å². The Morgan fingerprint density at radius 2 is 1.92 bits per heavy atom. The van der Waals surface area contributed by atoms with E-state index in [0.29, 0.717) is 24.6 Å². The van der Waals surface area contributed by atoms with E-state index in [9.17, 15) is 9.59 Å². The van der Waals surface area contributed by atoms with Crippen molar-refractivity contribution >= 4 is 40.2 Å². The Morgan fingerprint density at radius 1 is 1.11 bits per heavy atom. The molecular formula is C27H33N7O2. The highest BCUT2D eigenvalue weighted by molar-refractivity contribution is 6.05. The van der Waals surface area contributed by atoms with Crippen molar-refractivity contribution < 1.29 is 9.59 Å². The lowest BCUT2D eigenvalue weighted by atomic mass is 10.1. The Labute approximate surface area is 211 Å². The SMILES string of the molecule is C=CC(=O)N1CCCC[C@@H](n2c(NC(=O)c3ccnc(C)c3)nc3ccc4c(c32)N(C)CCN4C)C1. The summed E-state index contributed by atoms with van der Waals surface area (Å²) in [5.74, 6) is 0.199. The zero-order valence-electron chi connectivity index (χ0n) is 21.2. The Kier molecular flexibility index (Phi) is 6.38. The quantitative estimate of drug-likeness (QED) is 0.566. The third-order valence-electron chi connectivity index (χ3n) is 7.25. The number of benzene rings is 1. The van der Waals surface area contributed by atoms with Crippen LogP contribution in [0.1, 0.15) is 41.4 Å². The predicted octanol–water partition coefficient (Wildman–Crippen LogP) is 3.62. The van der Waals surface area contributed by atoms with Gasteiger partial charge in [0.15, 0.2) is 0 Å². The first-order chi connectivity index (χ1) is 17.4. The molecule has 0 aliphatic carbocycles. The Bertz CT molecular complexity index is 1330. The summed E-state index contributed by atoms with van der Waals surface area (Å²) in [6, 6.07) is 7.56. The molecule has 3 aromatic rings. The van der Waals surface area contributed by atoms with Crippen LogP contribution in [0.15, 0.2) is 43.1 Å². The van der Waals surface area contributed by atoms with Gasteiger partial charge in [0.2, 0.25) is 11.9 Å². The van der Waals surface area contributed by atoms with Gasteiger partial charge in [-0.05, 0) is 56.5 Å². The van der Waals surface area contributed by atoms with Gasteiger partial charge < -0.3 is 19.3 Å². The van der Waals surface area contributed by atoms with Crippen molar-refractivity contribution in [3.63, 3.8) is 0 Å². The van der Waals surface area contributed by atoms with Crippen LogP contribution in [0.3, 0.4) is 0 Å². The van der Waals surface area contributed by atoms with Gasteiger partial charge in [0.25, 0.3) is 5.91 Å². The van der Waals surface area contributed by atoms with E-state index in [-0.39, 0.29) is 17.9 Å². The number of carbonyl (C=O) groups excluding carboxylic acids is 2. The highest BCUT2D eigenvalue weighted by Gasteiger charge is 2.30. The molecule has 188 valence electrons. The van der Waals surface area contributed by atoms with Gasteiger partial charge in [-0.1, -0.05) is 6.58 Å². The molecule has 2 aliphatic heterocycles. The molecule has 2 aromatic heterocycles. The molecule has 36 heavy (non-hydrogen) atoms. The molecule has 9 heteroatoms. The van der Waals surface area contributed by atoms with Crippen LogP contribution in [0.2, 0.25) is 0 Å². The lowest BCUT2D eigenvalue weighted by Crippen LogP contribution is -2.37. The van der Waals surface area contributed by atoms with Crippen LogP contribution >= 0.6 is 0 Å². The predicted molar refractivity (Wildman–Crippen MR) is 143 cm³/mol. The number of hydrogen-bond donors (Lipinski definition) is 1. The second kappa shape index (κ2) is 9.64. The Balaban J connectivity index is 1.66. The molecule has 4 heterocycles. The maximum absolute atomic E-state index is 13.3. The van der Waals surface area contributed by atoms with Crippen LogP contribution in [0.4, 0.5) is 17.3 Å². The number of nitrogens with zero attached hydrogens (tertiary/aromatic N) is 6. The molecule has 1 atom stereocenters. The fraction of sp³-hybridized carbons (Fsp3) is 0.407. The normalized spacial score (nSPS) is 18.1. The topological polar surface area (TPSA) is 86.6 Å². The lowest BCUT2D eigenvalue weighted by Gasteiger charge is -2.36. The molecule has 0 radical (unpaired) electrons. The molecule has 0 saturated carbocycles. The van der Waals surface area contributed by atoms with Gasteiger partial charge in [-0.2, -0.15) is 0 Å². The largest absolute Gasteiger partial charge is 0.371 e. The standard InChI is InChI=1S/C27H33N7O2/c1-5-23(35)33-13-7-6-8-20(17-33)34-24-21(9-10-22-25(24)32(4)15-14-31(22)3)29-27(34)30-26(36)19-11-12-28-18(2)16-19/h5,9-12,16,20H,1,6-8,13-15,17H2,2-4H3,(H,29,30,36)/t20-/m1/s1. The van der Waals surface area contributed by atoms with Crippen LogP contribution < -0.4 is 15.1 Å².